The van der Waals surface area contributed by atoms with Crippen LogP contribution >= 0.6 is 0 Å². The van der Waals surface area contributed by atoms with Crippen molar-refractivity contribution in [1.82, 2.24) is 4.90 Å². The molecule has 1 aliphatic heterocycles. The molecule has 2 unspecified atom stereocenters. The van der Waals surface area contributed by atoms with Gasteiger partial charge in [-0.2, -0.15) is 0 Å². The van der Waals surface area contributed by atoms with Gasteiger partial charge in [0.2, 0.25) is 5.91 Å². The Morgan fingerprint density at radius 3 is 2.74 bits per heavy atom. The highest BCUT2D eigenvalue weighted by Crippen LogP contribution is 2.18. The molecule has 0 radical (unpaired) electrons. The maximum Gasteiger partial charge on any atom is 0.336 e. The second kappa shape index (κ2) is 8.15. The summed E-state index contributed by atoms with van der Waals surface area (Å²) in [7, 11) is 1.34. The molecule has 1 saturated heterocycles. The molecule has 0 spiro atoms. The van der Waals surface area contributed by atoms with E-state index >= 15 is 0 Å². The van der Waals surface area contributed by atoms with Crippen LogP contribution in [0.2, 0.25) is 0 Å². The molecule has 1 amide bonds. The summed E-state index contributed by atoms with van der Waals surface area (Å²) in [5.74, 6) is -0.191. The van der Waals surface area contributed by atoms with E-state index in [-0.39, 0.29) is 11.8 Å². The first-order chi connectivity index (χ1) is 9.13. The van der Waals surface area contributed by atoms with E-state index in [2.05, 4.69) is 11.7 Å². The Morgan fingerprint density at radius 2 is 2.16 bits per heavy atom. The first-order valence-electron chi connectivity index (χ1n) is 7.12. The molecule has 19 heavy (non-hydrogen) atoms. The molecule has 1 heterocycles. The zero-order valence-corrected chi connectivity index (χ0v) is 12.2. The molecule has 1 rings (SSSR count). The molecule has 5 nitrogen and oxygen atoms in total. The number of ether oxygens (including phenoxy) is 2. The zero-order chi connectivity index (χ0) is 14.3. The third-order valence-electron chi connectivity index (χ3n) is 3.59. The van der Waals surface area contributed by atoms with E-state index in [0.29, 0.717) is 19.7 Å². The van der Waals surface area contributed by atoms with E-state index in [4.69, 9.17) is 4.74 Å². The third-order valence-corrected chi connectivity index (χ3v) is 3.59. The summed E-state index contributed by atoms with van der Waals surface area (Å²) in [6.07, 6.45) is 3.30. The second-order valence-electron chi connectivity index (χ2n) is 4.91. The standard InChI is InChI=1S/C14H25NO4/c1-4-6-7-11(5-2)13(16)15-8-9-19-12(10-15)14(17)18-3/h11-12H,4-10H2,1-3H3. The van der Waals surface area contributed by atoms with E-state index in [1.807, 2.05) is 6.92 Å². The van der Waals surface area contributed by atoms with E-state index in [1.165, 1.54) is 7.11 Å². The number of unbranched alkanes of at least 4 members (excludes halogenated alkanes) is 1. The van der Waals surface area contributed by atoms with Gasteiger partial charge in [0.15, 0.2) is 6.10 Å². The van der Waals surface area contributed by atoms with Crippen LogP contribution in [0.5, 0.6) is 0 Å². The predicted octanol–water partition coefficient (Wildman–Crippen LogP) is 1.60. The molecule has 0 aromatic rings. The monoisotopic (exact) mass is 271 g/mol. The number of rotatable bonds is 6. The van der Waals surface area contributed by atoms with Crippen LogP contribution in [0, 0.1) is 5.92 Å². The summed E-state index contributed by atoms with van der Waals surface area (Å²) < 4.78 is 10.0. The number of esters is 1. The van der Waals surface area contributed by atoms with Crippen LogP contribution in [0.15, 0.2) is 0 Å². The number of nitrogens with zero attached hydrogens (tertiary/aromatic N) is 1. The van der Waals surface area contributed by atoms with Crippen LogP contribution in [-0.2, 0) is 19.1 Å². The van der Waals surface area contributed by atoms with Gasteiger partial charge < -0.3 is 14.4 Å². The Bertz CT molecular complexity index is 306. The largest absolute Gasteiger partial charge is 0.467 e. The van der Waals surface area contributed by atoms with E-state index in [0.717, 1.165) is 25.7 Å². The van der Waals surface area contributed by atoms with Crippen molar-refractivity contribution < 1.29 is 19.1 Å². The van der Waals surface area contributed by atoms with Gasteiger partial charge in [-0.3, -0.25) is 4.79 Å². The third kappa shape index (κ3) is 4.49. The van der Waals surface area contributed by atoms with Gasteiger partial charge in [0.05, 0.1) is 20.3 Å². The van der Waals surface area contributed by atoms with Gasteiger partial charge in [-0.15, -0.1) is 0 Å². The molecule has 2 atom stereocenters. The second-order valence-corrected chi connectivity index (χ2v) is 4.91. The summed E-state index contributed by atoms with van der Waals surface area (Å²) in [5.41, 5.74) is 0. The first kappa shape index (κ1) is 16.0. The minimum Gasteiger partial charge on any atom is -0.467 e. The maximum atomic E-state index is 12.4. The van der Waals surface area contributed by atoms with Crippen LogP contribution in [0.4, 0.5) is 0 Å². The van der Waals surface area contributed by atoms with Gasteiger partial charge in [-0.1, -0.05) is 26.7 Å². The van der Waals surface area contributed by atoms with Gasteiger partial charge in [0.25, 0.3) is 0 Å². The zero-order valence-electron chi connectivity index (χ0n) is 12.2. The highest BCUT2D eigenvalue weighted by molar-refractivity contribution is 5.81. The number of carbonyl (C=O) groups is 2. The number of methoxy groups -OCH3 is 1. The lowest BCUT2D eigenvalue weighted by Gasteiger charge is -2.33. The van der Waals surface area contributed by atoms with Crippen molar-refractivity contribution in [2.75, 3.05) is 26.8 Å². The number of carbonyl (C=O) groups excluding carboxylic acids is 2. The Kier molecular flexibility index (Phi) is 6.84. The van der Waals surface area contributed by atoms with Crippen molar-refractivity contribution >= 4 is 11.9 Å². The van der Waals surface area contributed by atoms with Crippen LogP contribution in [0.3, 0.4) is 0 Å². The fourth-order valence-electron chi connectivity index (χ4n) is 2.33. The highest BCUT2D eigenvalue weighted by atomic mass is 16.6. The molecule has 0 N–H and O–H groups in total. The molecule has 5 heteroatoms. The fraction of sp³-hybridized carbons (Fsp3) is 0.857. The average Bonchev–Trinajstić information content (AvgIpc) is 2.47. The number of morpholine rings is 1. The summed E-state index contributed by atoms with van der Waals surface area (Å²) in [6, 6.07) is 0. The van der Waals surface area contributed by atoms with E-state index in [1.54, 1.807) is 4.90 Å². The minimum absolute atomic E-state index is 0.0661. The number of hydrogen-bond acceptors (Lipinski definition) is 4. The van der Waals surface area contributed by atoms with Crippen LogP contribution in [-0.4, -0.2) is 49.7 Å². The topological polar surface area (TPSA) is 55.8 Å². The Balaban J connectivity index is 2.57. The maximum absolute atomic E-state index is 12.4. The normalized spacial score (nSPS) is 21.0. The molecule has 0 bridgehead atoms. The molecule has 1 aliphatic rings. The summed E-state index contributed by atoms with van der Waals surface area (Å²) in [5, 5.41) is 0. The van der Waals surface area contributed by atoms with Crippen LogP contribution < -0.4 is 0 Å². The lowest BCUT2D eigenvalue weighted by atomic mass is 9.97. The van der Waals surface area contributed by atoms with Crippen molar-refractivity contribution in [2.45, 2.75) is 45.6 Å². The molecule has 1 fully saturated rings. The number of hydrogen-bond donors (Lipinski definition) is 0. The quantitative estimate of drug-likeness (QED) is 0.689. The molecular formula is C14H25NO4. The molecule has 0 aromatic heterocycles. The molecule has 0 aromatic carbocycles. The van der Waals surface area contributed by atoms with Crippen molar-refractivity contribution in [2.24, 2.45) is 5.92 Å². The minimum atomic E-state index is -0.633. The van der Waals surface area contributed by atoms with Gasteiger partial charge in [-0.05, 0) is 12.8 Å². The Morgan fingerprint density at radius 1 is 1.42 bits per heavy atom. The lowest BCUT2D eigenvalue weighted by Crippen LogP contribution is -2.50. The van der Waals surface area contributed by atoms with Crippen molar-refractivity contribution in [3.63, 3.8) is 0 Å². The highest BCUT2D eigenvalue weighted by Gasteiger charge is 2.32. The van der Waals surface area contributed by atoms with E-state index < -0.39 is 12.1 Å². The van der Waals surface area contributed by atoms with Gasteiger partial charge >= 0.3 is 5.97 Å². The van der Waals surface area contributed by atoms with Crippen molar-refractivity contribution in [3.05, 3.63) is 0 Å². The Labute approximate surface area is 115 Å². The van der Waals surface area contributed by atoms with Gasteiger partial charge in [0.1, 0.15) is 0 Å². The molecule has 110 valence electrons. The lowest BCUT2D eigenvalue weighted by molar-refractivity contribution is -0.163. The average molecular weight is 271 g/mol. The SMILES string of the molecule is CCCCC(CC)C(=O)N1CCOC(C(=O)OC)C1. The van der Waals surface area contributed by atoms with Gasteiger partial charge in [0, 0.05) is 12.5 Å². The predicted molar refractivity (Wildman–Crippen MR) is 71.6 cm³/mol. The summed E-state index contributed by atoms with van der Waals surface area (Å²) >= 11 is 0. The number of amides is 1. The molecular weight excluding hydrogens is 246 g/mol. The summed E-state index contributed by atoms with van der Waals surface area (Å²) in [6.45, 7) is 5.44. The van der Waals surface area contributed by atoms with Crippen LogP contribution in [0.1, 0.15) is 39.5 Å². The van der Waals surface area contributed by atoms with Crippen molar-refractivity contribution in [3.8, 4) is 0 Å². The fourth-order valence-corrected chi connectivity index (χ4v) is 2.33. The smallest absolute Gasteiger partial charge is 0.336 e. The molecule has 0 aliphatic carbocycles. The Hall–Kier alpha value is -1.10. The van der Waals surface area contributed by atoms with E-state index in [9.17, 15) is 9.59 Å². The summed E-state index contributed by atoms with van der Waals surface area (Å²) in [4.78, 5) is 25.6. The first-order valence-corrected chi connectivity index (χ1v) is 7.12. The van der Waals surface area contributed by atoms with Crippen molar-refractivity contribution in [1.29, 1.82) is 0 Å². The van der Waals surface area contributed by atoms with Gasteiger partial charge in [-0.25, -0.2) is 4.79 Å². The van der Waals surface area contributed by atoms with Crippen LogP contribution in [0.25, 0.3) is 0 Å². The molecule has 0 saturated carbocycles.